The molecule has 1 heterocycles. The number of carboxylic acids is 1. The fourth-order valence-corrected chi connectivity index (χ4v) is 3.07. The van der Waals surface area contributed by atoms with Crippen LogP contribution in [0, 0.1) is 0 Å². The Morgan fingerprint density at radius 2 is 2.41 bits per heavy atom. The Bertz CT molecular complexity index is 437. The predicted molar refractivity (Wildman–Crippen MR) is 60.6 cm³/mol. The molecule has 5 nitrogen and oxygen atoms in total. The Labute approximate surface area is 103 Å². The van der Waals surface area contributed by atoms with Gasteiger partial charge in [-0.15, -0.1) is 0 Å². The quantitative estimate of drug-likeness (QED) is 0.710. The first-order valence-corrected chi connectivity index (χ1v) is 6.21. The number of thioether (sulfide) groups is 1. The van der Waals surface area contributed by atoms with Crippen molar-refractivity contribution in [2.45, 2.75) is 11.4 Å². The van der Waals surface area contributed by atoms with E-state index in [0.29, 0.717) is 11.5 Å². The normalized spacial score (nSPS) is 23.6. The lowest BCUT2D eigenvalue weighted by atomic mass is 10.2. The van der Waals surface area contributed by atoms with Crippen molar-refractivity contribution >= 4 is 17.7 Å². The van der Waals surface area contributed by atoms with Crippen molar-refractivity contribution in [2.24, 2.45) is 0 Å². The van der Waals surface area contributed by atoms with Gasteiger partial charge in [-0.3, -0.25) is 0 Å². The number of aromatic hydroxyl groups is 1. The SMILES string of the molecule is COc1ccc([C@H]2[NH2+][C@H](C(=O)[O-])CS2)cc1O. The molecule has 0 aliphatic carbocycles. The molecule has 2 atom stereocenters. The molecule has 1 fully saturated rings. The molecule has 0 spiro atoms. The lowest BCUT2D eigenvalue weighted by Crippen LogP contribution is -2.90. The second kappa shape index (κ2) is 4.85. The molecule has 1 saturated heterocycles. The summed E-state index contributed by atoms with van der Waals surface area (Å²) in [6.07, 6.45) is 0. The summed E-state index contributed by atoms with van der Waals surface area (Å²) in [6.45, 7) is 0. The van der Waals surface area contributed by atoms with Crippen LogP contribution < -0.4 is 15.2 Å². The second-order valence-corrected chi connectivity index (χ2v) is 4.98. The van der Waals surface area contributed by atoms with Gasteiger partial charge in [-0.05, 0) is 18.2 Å². The first-order valence-electron chi connectivity index (χ1n) is 5.16. The number of carbonyl (C=O) groups is 1. The van der Waals surface area contributed by atoms with Gasteiger partial charge in [0.25, 0.3) is 0 Å². The van der Waals surface area contributed by atoms with Crippen LogP contribution in [0.3, 0.4) is 0 Å². The Morgan fingerprint density at radius 3 is 2.94 bits per heavy atom. The molecule has 0 amide bonds. The van der Waals surface area contributed by atoms with Gasteiger partial charge >= 0.3 is 0 Å². The van der Waals surface area contributed by atoms with Gasteiger partial charge in [-0.2, -0.15) is 0 Å². The number of aliphatic carboxylic acids is 1. The van der Waals surface area contributed by atoms with Crippen molar-refractivity contribution in [3.63, 3.8) is 0 Å². The Balaban J connectivity index is 2.14. The summed E-state index contributed by atoms with van der Waals surface area (Å²) in [4.78, 5) is 10.7. The number of phenols is 1. The van der Waals surface area contributed by atoms with E-state index in [1.54, 1.807) is 17.4 Å². The van der Waals surface area contributed by atoms with Crippen LogP contribution >= 0.6 is 11.8 Å². The smallest absolute Gasteiger partial charge is 0.160 e. The molecule has 6 heteroatoms. The fraction of sp³-hybridized carbons (Fsp3) is 0.364. The topological polar surface area (TPSA) is 86.2 Å². The van der Waals surface area contributed by atoms with E-state index >= 15 is 0 Å². The molecule has 0 aromatic heterocycles. The van der Waals surface area contributed by atoms with Crippen LogP contribution in [0.4, 0.5) is 0 Å². The number of carbonyl (C=O) groups excluding carboxylic acids is 1. The van der Waals surface area contributed by atoms with Crippen LogP contribution in [-0.2, 0) is 4.79 Å². The average Bonchev–Trinajstić information content (AvgIpc) is 2.78. The zero-order valence-electron chi connectivity index (χ0n) is 9.25. The van der Waals surface area contributed by atoms with Gasteiger partial charge in [0.1, 0.15) is 12.0 Å². The van der Waals surface area contributed by atoms with Gasteiger partial charge < -0.3 is 25.1 Å². The molecule has 0 bridgehead atoms. The molecular weight excluding hydrogens is 242 g/mol. The van der Waals surface area contributed by atoms with Crippen LogP contribution in [0.5, 0.6) is 11.5 Å². The lowest BCUT2D eigenvalue weighted by molar-refractivity contribution is -0.690. The van der Waals surface area contributed by atoms with Crippen molar-refractivity contribution in [1.82, 2.24) is 0 Å². The molecule has 0 radical (unpaired) electrons. The standard InChI is InChI=1S/C11H13NO4S/c1-16-9-3-2-6(4-8(9)13)10-12-7(5-17-10)11(14)15/h2-4,7,10,12-13H,5H2,1H3,(H,14,15)/t7-,10-/m0/s1. The minimum Gasteiger partial charge on any atom is -0.544 e. The number of ether oxygens (including phenoxy) is 1. The van der Waals surface area contributed by atoms with Gasteiger partial charge in [0.15, 0.2) is 16.9 Å². The van der Waals surface area contributed by atoms with Crippen molar-refractivity contribution in [1.29, 1.82) is 0 Å². The van der Waals surface area contributed by atoms with Crippen LogP contribution in [0.2, 0.25) is 0 Å². The van der Waals surface area contributed by atoms with Crippen LogP contribution in [-0.4, -0.2) is 30.0 Å². The van der Waals surface area contributed by atoms with Gasteiger partial charge in [-0.1, -0.05) is 11.8 Å². The largest absolute Gasteiger partial charge is 0.544 e. The predicted octanol–water partition coefficient (Wildman–Crippen LogP) is -1.17. The number of rotatable bonds is 3. The number of carboxylic acid groups (broad SMARTS) is 1. The molecule has 92 valence electrons. The first kappa shape index (κ1) is 12.1. The molecule has 0 saturated carbocycles. The van der Waals surface area contributed by atoms with Crippen molar-refractivity contribution in [3.8, 4) is 11.5 Å². The monoisotopic (exact) mass is 255 g/mol. The maximum Gasteiger partial charge on any atom is 0.160 e. The van der Waals surface area contributed by atoms with Crippen LogP contribution in [0.15, 0.2) is 18.2 Å². The van der Waals surface area contributed by atoms with Crippen molar-refractivity contribution in [3.05, 3.63) is 23.8 Å². The molecule has 1 aromatic carbocycles. The van der Waals surface area contributed by atoms with E-state index < -0.39 is 12.0 Å². The Morgan fingerprint density at radius 1 is 1.65 bits per heavy atom. The summed E-state index contributed by atoms with van der Waals surface area (Å²) in [5, 5.41) is 22.1. The van der Waals surface area contributed by atoms with E-state index in [1.807, 2.05) is 6.07 Å². The van der Waals surface area contributed by atoms with Gasteiger partial charge in [-0.25, -0.2) is 0 Å². The summed E-state index contributed by atoms with van der Waals surface area (Å²) in [5.41, 5.74) is 0.872. The third kappa shape index (κ3) is 2.48. The number of hydrogen-bond acceptors (Lipinski definition) is 5. The van der Waals surface area contributed by atoms with Gasteiger partial charge in [0, 0.05) is 5.56 Å². The summed E-state index contributed by atoms with van der Waals surface area (Å²) in [7, 11) is 1.48. The van der Waals surface area contributed by atoms with E-state index in [1.165, 1.54) is 18.9 Å². The molecular formula is C11H13NO4S. The molecule has 17 heavy (non-hydrogen) atoms. The van der Waals surface area contributed by atoms with Crippen LogP contribution in [0.25, 0.3) is 0 Å². The van der Waals surface area contributed by atoms with Crippen molar-refractivity contribution < 1.29 is 25.1 Å². The zero-order valence-corrected chi connectivity index (χ0v) is 10.1. The third-order valence-electron chi connectivity index (χ3n) is 2.70. The number of quaternary nitrogens is 1. The molecule has 1 aromatic rings. The highest BCUT2D eigenvalue weighted by atomic mass is 32.2. The van der Waals surface area contributed by atoms with Gasteiger partial charge in [0.2, 0.25) is 0 Å². The maximum absolute atomic E-state index is 10.7. The van der Waals surface area contributed by atoms with Gasteiger partial charge in [0.05, 0.1) is 12.9 Å². The number of nitrogens with two attached hydrogens (primary N) is 1. The summed E-state index contributed by atoms with van der Waals surface area (Å²) < 4.78 is 4.95. The zero-order chi connectivity index (χ0) is 12.4. The van der Waals surface area contributed by atoms with E-state index in [-0.39, 0.29) is 11.1 Å². The number of benzene rings is 1. The molecule has 1 aliphatic heterocycles. The second-order valence-electron chi connectivity index (χ2n) is 3.80. The average molecular weight is 255 g/mol. The highest BCUT2D eigenvalue weighted by Crippen LogP contribution is 2.33. The molecule has 1 aliphatic rings. The highest BCUT2D eigenvalue weighted by Gasteiger charge is 2.31. The minimum absolute atomic E-state index is 0.0188. The Hall–Kier alpha value is -1.40. The highest BCUT2D eigenvalue weighted by molar-refractivity contribution is 7.99. The Kier molecular flexibility index (Phi) is 3.44. The summed E-state index contributed by atoms with van der Waals surface area (Å²) in [6, 6.07) is 4.58. The first-order chi connectivity index (χ1) is 8.11. The maximum atomic E-state index is 10.7. The lowest BCUT2D eigenvalue weighted by Gasteiger charge is -2.12. The summed E-state index contributed by atoms with van der Waals surface area (Å²) in [5.74, 6) is -0.0541. The van der Waals surface area contributed by atoms with E-state index in [2.05, 4.69) is 0 Å². The number of phenolic OH excluding ortho intramolecular Hbond substituents is 1. The number of hydrogen-bond donors (Lipinski definition) is 2. The molecule has 2 rings (SSSR count). The molecule has 0 unspecified atom stereocenters. The molecule has 3 N–H and O–H groups in total. The van der Waals surface area contributed by atoms with E-state index in [4.69, 9.17) is 4.74 Å². The van der Waals surface area contributed by atoms with Crippen molar-refractivity contribution in [2.75, 3.05) is 12.9 Å². The number of methoxy groups -OCH3 is 1. The van der Waals surface area contributed by atoms with Crippen LogP contribution in [0.1, 0.15) is 10.9 Å². The summed E-state index contributed by atoms with van der Waals surface area (Å²) >= 11 is 1.53. The van der Waals surface area contributed by atoms with E-state index in [0.717, 1.165) is 5.56 Å². The fourth-order valence-electron chi connectivity index (χ4n) is 1.77. The van der Waals surface area contributed by atoms with E-state index in [9.17, 15) is 15.0 Å². The minimum atomic E-state index is -1.04. The third-order valence-corrected chi connectivity index (χ3v) is 4.04.